The highest BCUT2D eigenvalue weighted by Crippen LogP contribution is 2.58. The van der Waals surface area contributed by atoms with Crippen molar-refractivity contribution in [2.45, 2.75) is 75.6 Å². The highest BCUT2D eigenvalue weighted by Gasteiger charge is 2.73. The van der Waals surface area contributed by atoms with Gasteiger partial charge in [-0.25, -0.2) is 4.79 Å². The SMILES string of the molecule is CC12CCCCC1(C(=O)OC1CCCC1)O2. The van der Waals surface area contributed by atoms with Crippen molar-refractivity contribution in [3.63, 3.8) is 0 Å². The van der Waals surface area contributed by atoms with Gasteiger partial charge in [0, 0.05) is 0 Å². The van der Waals surface area contributed by atoms with Crippen LogP contribution in [-0.2, 0) is 14.3 Å². The third-order valence-electron chi connectivity index (χ3n) is 4.55. The van der Waals surface area contributed by atoms with E-state index in [0.717, 1.165) is 32.1 Å². The van der Waals surface area contributed by atoms with Crippen LogP contribution >= 0.6 is 0 Å². The van der Waals surface area contributed by atoms with E-state index in [9.17, 15) is 4.79 Å². The van der Waals surface area contributed by atoms with Gasteiger partial charge in [-0.15, -0.1) is 0 Å². The molecule has 90 valence electrons. The lowest BCUT2D eigenvalue weighted by molar-refractivity contribution is -0.155. The second-order valence-corrected chi connectivity index (χ2v) is 5.68. The van der Waals surface area contributed by atoms with E-state index >= 15 is 0 Å². The zero-order valence-electron chi connectivity index (χ0n) is 9.96. The number of ether oxygens (including phenoxy) is 2. The summed E-state index contributed by atoms with van der Waals surface area (Å²) in [7, 11) is 0. The highest BCUT2D eigenvalue weighted by molar-refractivity contribution is 5.85. The van der Waals surface area contributed by atoms with Crippen molar-refractivity contribution in [1.82, 2.24) is 0 Å². The van der Waals surface area contributed by atoms with E-state index in [0.29, 0.717) is 0 Å². The van der Waals surface area contributed by atoms with Crippen LogP contribution in [0.4, 0.5) is 0 Å². The summed E-state index contributed by atoms with van der Waals surface area (Å²) in [6.45, 7) is 2.06. The van der Waals surface area contributed by atoms with Gasteiger partial charge in [0.05, 0.1) is 0 Å². The molecule has 0 N–H and O–H groups in total. The molecule has 1 saturated heterocycles. The summed E-state index contributed by atoms with van der Waals surface area (Å²) in [5.41, 5.74) is -0.769. The number of hydrogen-bond donors (Lipinski definition) is 0. The Labute approximate surface area is 96.5 Å². The van der Waals surface area contributed by atoms with Crippen molar-refractivity contribution in [1.29, 1.82) is 0 Å². The minimum absolute atomic E-state index is 0.0819. The van der Waals surface area contributed by atoms with Crippen molar-refractivity contribution in [2.75, 3.05) is 0 Å². The molecule has 0 bridgehead atoms. The Kier molecular flexibility index (Phi) is 2.29. The fraction of sp³-hybridized carbons (Fsp3) is 0.923. The Morgan fingerprint density at radius 3 is 2.56 bits per heavy atom. The molecule has 0 radical (unpaired) electrons. The van der Waals surface area contributed by atoms with Crippen LogP contribution in [0.3, 0.4) is 0 Å². The summed E-state index contributed by atoms with van der Waals surface area (Å²) in [5, 5.41) is 0. The molecule has 2 atom stereocenters. The van der Waals surface area contributed by atoms with Crippen molar-refractivity contribution in [3.05, 3.63) is 0 Å². The van der Waals surface area contributed by atoms with Crippen LogP contribution in [0.2, 0.25) is 0 Å². The van der Waals surface area contributed by atoms with Crippen LogP contribution in [-0.4, -0.2) is 23.3 Å². The maximum absolute atomic E-state index is 12.2. The minimum Gasteiger partial charge on any atom is -0.460 e. The second kappa shape index (κ2) is 3.46. The van der Waals surface area contributed by atoms with E-state index < -0.39 is 5.60 Å². The average molecular weight is 224 g/mol. The predicted octanol–water partition coefficient (Wildman–Crippen LogP) is 2.57. The van der Waals surface area contributed by atoms with Crippen molar-refractivity contribution in [3.8, 4) is 0 Å². The largest absolute Gasteiger partial charge is 0.460 e. The number of rotatable bonds is 2. The van der Waals surface area contributed by atoms with Crippen molar-refractivity contribution in [2.24, 2.45) is 0 Å². The molecule has 1 aliphatic heterocycles. The zero-order chi connectivity index (χ0) is 11.2. The van der Waals surface area contributed by atoms with E-state index in [1.54, 1.807) is 0 Å². The third-order valence-corrected chi connectivity index (χ3v) is 4.55. The third kappa shape index (κ3) is 1.41. The van der Waals surface area contributed by atoms with Crippen molar-refractivity contribution >= 4 is 5.97 Å². The Morgan fingerprint density at radius 2 is 1.88 bits per heavy atom. The molecule has 0 amide bonds. The Morgan fingerprint density at radius 1 is 1.19 bits per heavy atom. The lowest BCUT2D eigenvalue weighted by atomic mass is 9.80. The quantitative estimate of drug-likeness (QED) is 0.534. The summed E-state index contributed by atoms with van der Waals surface area (Å²) < 4.78 is 11.3. The fourth-order valence-corrected chi connectivity index (χ4v) is 3.38. The minimum atomic E-state index is -0.562. The van der Waals surface area contributed by atoms with E-state index in [2.05, 4.69) is 6.92 Å². The maximum Gasteiger partial charge on any atom is 0.341 e. The first-order chi connectivity index (χ1) is 7.66. The smallest absolute Gasteiger partial charge is 0.341 e. The number of hydrogen-bond acceptors (Lipinski definition) is 3. The molecule has 16 heavy (non-hydrogen) atoms. The summed E-state index contributed by atoms with van der Waals surface area (Å²) in [5.74, 6) is -0.0819. The van der Waals surface area contributed by atoms with Gasteiger partial charge in [0.1, 0.15) is 11.7 Å². The van der Waals surface area contributed by atoms with Gasteiger partial charge in [0.25, 0.3) is 0 Å². The Balaban J connectivity index is 1.66. The monoisotopic (exact) mass is 224 g/mol. The summed E-state index contributed by atoms with van der Waals surface area (Å²) >= 11 is 0. The van der Waals surface area contributed by atoms with Gasteiger partial charge < -0.3 is 9.47 Å². The molecular formula is C13H20O3. The van der Waals surface area contributed by atoms with E-state index in [1.165, 1.54) is 19.3 Å². The Hall–Kier alpha value is -0.570. The molecule has 0 aromatic heterocycles. The number of fused-ring (bicyclic) bond motifs is 1. The van der Waals surface area contributed by atoms with Gasteiger partial charge in [-0.3, -0.25) is 0 Å². The van der Waals surface area contributed by atoms with Gasteiger partial charge in [-0.2, -0.15) is 0 Å². The van der Waals surface area contributed by atoms with Crippen LogP contribution < -0.4 is 0 Å². The first-order valence-electron chi connectivity index (χ1n) is 6.58. The maximum atomic E-state index is 12.2. The fourth-order valence-electron chi connectivity index (χ4n) is 3.38. The van der Waals surface area contributed by atoms with Gasteiger partial charge >= 0.3 is 5.97 Å². The lowest BCUT2D eigenvalue weighted by Gasteiger charge is -2.22. The molecule has 1 heterocycles. The van der Waals surface area contributed by atoms with Gasteiger partial charge in [-0.05, 0) is 51.9 Å². The average Bonchev–Trinajstić information content (AvgIpc) is 2.63. The molecule has 3 heteroatoms. The molecular weight excluding hydrogens is 204 g/mol. The van der Waals surface area contributed by atoms with Gasteiger partial charge in [0.15, 0.2) is 5.60 Å². The second-order valence-electron chi connectivity index (χ2n) is 5.68. The Bertz CT molecular complexity index is 304. The molecule has 0 aromatic carbocycles. The lowest BCUT2D eigenvalue weighted by Crippen LogP contribution is -2.38. The first kappa shape index (κ1) is 10.6. The van der Waals surface area contributed by atoms with E-state index in [-0.39, 0.29) is 17.7 Å². The normalized spacial score (nSPS) is 42.8. The molecule has 3 rings (SSSR count). The van der Waals surface area contributed by atoms with Gasteiger partial charge in [-0.1, -0.05) is 6.42 Å². The van der Waals surface area contributed by atoms with Crippen LogP contribution in [0.15, 0.2) is 0 Å². The predicted molar refractivity (Wildman–Crippen MR) is 59.0 cm³/mol. The number of carbonyl (C=O) groups excluding carboxylic acids is 1. The standard InChI is InChI=1S/C13H20O3/c1-12-8-4-5-9-13(12,16-12)11(14)15-10-6-2-3-7-10/h10H,2-9H2,1H3. The molecule has 3 nitrogen and oxygen atoms in total. The van der Waals surface area contributed by atoms with Crippen LogP contribution in [0.5, 0.6) is 0 Å². The number of carbonyl (C=O) groups is 1. The number of epoxide rings is 1. The summed E-state index contributed by atoms with van der Waals surface area (Å²) in [6, 6.07) is 0. The molecule has 3 fully saturated rings. The van der Waals surface area contributed by atoms with Crippen LogP contribution in [0.25, 0.3) is 0 Å². The molecule has 3 aliphatic rings. The summed E-state index contributed by atoms with van der Waals surface area (Å²) in [4.78, 5) is 12.2. The van der Waals surface area contributed by atoms with Crippen LogP contribution in [0.1, 0.15) is 58.3 Å². The van der Waals surface area contributed by atoms with E-state index in [1.807, 2.05) is 0 Å². The zero-order valence-corrected chi connectivity index (χ0v) is 9.96. The molecule has 0 spiro atoms. The topological polar surface area (TPSA) is 38.8 Å². The molecule has 2 aliphatic carbocycles. The molecule has 2 unspecified atom stereocenters. The molecule has 2 saturated carbocycles. The highest BCUT2D eigenvalue weighted by atomic mass is 16.7. The summed E-state index contributed by atoms with van der Waals surface area (Å²) in [6.07, 6.45) is 8.77. The molecule has 0 aromatic rings. The first-order valence-corrected chi connectivity index (χ1v) is 6.58. The van der Waals surface area contributed by atoms with Crippen molar-refractivity contribution < 1.29 is 14.3 Å². The van der Waals surface area contributed by atoms with Crippen LogP contribution in [0, 0.1) is 0 Å². The van der Waals surface area contributed by atoms with E-state index in [4.69, 9.17) is 9.47 Å². The van der Waals surface area contributed by atoms with Gasteiger partial charge in [0.2, 0.25) is 0 Å². The number of esters is 1.